The van der Waals surface area contributed by atoms with Gasteiger partial charge in [-0.05, 0) is 50.0 Å². The van der Waals surface area contributed by atoms with Crippen molar-refractivity contribution in [2.75, 3.05) is 25.0 Å². The number of imidazole rings is 1. The van der Waals surface area contributed by atoms with Gasteiger partial charge in [-0.15, -0.1) is 0 Å². The molecule has 0 saturated carbocycles. The molecular weight excluding hydrogens is 231 g/mol. The fourth-order valence-corrected chi connectivity index (χ4v) is 2.42. The average molecular weight is 248 g/mol. The molecular formula is C13H17FN4. The van der Waals surface area contributed by atoms with Crippen LogP contribution in [0, 0.1) is 11.7 Å². The van der Waals surface area contributed by atoms with Gasteiger partial charge < -0.3 is 15.6 Å². The van der Waals surface area contributed by atoms with E-state index >= 15 is 0 Å². The molecule has 1 aromatic heterocycles. The summed E-state index contributed by atoms with van der Waals surface area (Å²) in [4.78, 5) is 7.45. The van der Waals surface area contributed by atoms with Gasteiger partial charge in [-0.3, -0.25) is 0 Å². The standard InChI is InChI=1S/C13H17FN4/c14-10-1-2-11-12(7-10)18-13(17-11)16-6-4-9-3-5-15-8-9/h1-2,7,9,15H,3-6,8H2,(H2,16,17,18). The van der Waals surface area contributed by atoms with Crippen LogP contribution >= 0.6 is 0 Å². The maximum Gasteiger partial charge on any atom is 0.201 e. The fourth-order valence-electron chi connectivity index (χ4n) is 2.42. The van der Waals surface area contributed by atoms with E-state index in [1.54, 1.807) is 6.07 Å². The van der Waals surface area contributed by atoms with Crippen LogP contribution < -0.4 is 10.6 Å². The summed E-state index contributed by atoms with van der Waals surface area (Å²) in [6, 6.07) is 4.58. The molecule has 3 rings (SSSR count). The highest BCUT2D eigenvalue weighted by Gasteiger charge is 2.13. The predicted molar refractivity (Wildman–Crippen MR) is 70.1 cm³/mol. The third-order valence-corrected chi connectivity index (χ3v) is 3.45. The zero-order valence-electron chi connectivity index (χ0n) is 10.2. The highest BCUT2D eigenvalue weighted by Crippen LogP contribution is 2.16. The Morgan fingerprint density at radius 3 is 3.22 bits per heavy atom. The van der Waals surface area contributed by atoms with E-state index in [2.05, 4.69) is 20.6 Å². The molecule has 1 atom stereocenters. The fraction of sp³-hybridized carbons (Fsp3) is 0.462. The van der Waals surface area contributed by atoms with Crippen LogP contribution in [0.2, 0.25) is 0 Å². The largest absolute Gasteiger partial charge is 0.356 e. The van der Waals surface area contributed by atoms with Crippen LogP contribution in [0.25, 0.3) is 11.0 Å². The van der Waals surface area contributed by atoms with Gasteiger partial charge in [0.15, 0.2) is 0 Å². The zero-order chi connectivity index (χ0) is 12.4. The van der Waals surface area contributed by atoms with Gasteiger partial charge in [0.2, 0.25) is 5.95 Å². The number of anilines is 1. The topological polar surface area (TPSA) is 52.7 Å². The molecule has 4 nitrogen and oxygen atoms in total. The van der Waals surface area contributed by atoms with Crippen molar-refractivity contribution in [2.45, 2.75) is 12.8 Å². The molecule has 1 aliphatic rings. The molecule has 3 N–H and O–H groups in total. The summed E-state index contributed by atoms with van der Waals surface area (Å²) in [6.45, 7) is 3.15. The summed E-state index contributed by atoms with van der Waals surface area (Å²) >= 11 is 0. The van der Waals surface area contributed by atoms with Gasteiger partial charge in [0.25, 0.3) is 0 Å². The molecule has 1 saturated heterocycles. The molecule has 0 bridgehead atoms. The molecule has 2 heterocycles. The Morgan fingerprint density at radius 1 is 1.44 bits per heavy atom. The number of aromatic amines is 1. The number of halogens is 1. The molecule has 0 spiro atoms. The van der Waals surface area contributed by atoms with Crippen LogP contribution in [-0.4, -0.2) is 29.6 Å². The first-order valence-corrected chi connectivity index (χ1v) is 6.41. The van der Waals surface area contributed by atoms with Crippen LogP contribution in [0.4, 0.5) is 10.3 Å². The van der Waals surface area contributed by atoms with Crippen molar-refractivity contribution in [3.8, 4) is 0 Å². The lowest BCUT2D eigenvalue weighted by atomic mass is 10.1. The number of hydrogen-bond acceptors (Lipinski definition) is 3. The maximum absolute atomic E-state index is 13.0. The number of nitrogens with one attached hydrogen (secondary N) is 3. The molecule has 0 radical (unpaired) electrons. The lowest BCUT2D eigenvalue weighted by Crippen LogP contribution is -2.13. The van der Waals surface area contributed by atoms with E-state index in [4.69, 9.17) is 0 Å². The van der Waals surface area contributed by atoms with Gasteiger partial charge in [0.05, 0.1) is 11.0 Å². The molecule has 2 aromatic rings. The minimum Gasteiger partial charge on any atom is -0.356 e. The van der Waals surface area contributed by atoms with Crippen LogP contribution in [0.1, 0.15) is 12.8 Å². The van der Waals surface area contributed by atoms with Crippen LogP contribution in [0.3, 0.4) is 0 Å². The lowest BCUT2D eigenvalue weighted by Gasteiger charge is -2.07. The molecule has 5 heteroatoms. The van der Waals surface area contributed by atoms with Crippen molar-refractivity contribution in [1.82, 2.24) is 15.3 Å². The lowest BCUT2D eigenvalue weighted by molar-refractivity contribution is 0.548. The Morgan fingerprint density at radius 2 is 2.39 bits per heavy atom. The number of aromatic nitrogens is 2. The second-order valence-electron chi connectivity index (χ2n) is 4.82. The van der Waals surface area contributed by atoms with Crippen LogP contribution in [0.15, 0.2) is 18.2 Å². The normalized spacial score (nSPS) is 19.5. The number of benzene rings is 1. The SMILES string of the molecule is Fc1ccc2nc(NCCC3CCNC3)[nH]c2c1. The number of H-pyrrole nitrogens is 1. The van der Waals surface area contributed by atoms with Gasteiger partial charge in [0.1, 0.15) is 5.82 Å². The van der Waals surface area contributed by atoms with E-state index in [0.29, 0.717) is 0 Å². The van der Waals surface area contributed by atoms with Crippen molar-refractivity contribution in [1.29, 1.82) is 0 Å². The van der Waals surface area contributed by atoms with Gasteiger partial charge in [-0.2, -0.15) is 0 Å². The van der Waals surface area contributed by atoms with Gasteiger partial charge in [-0.1, -0.05) is 0 Å². The molecule has 96 valence electrons. The first kappa shape index (κ1) is 11.5. The second kappa shape index (κ2) is 4.94. The summed E-state index contributed by atoms with van der Waals surface area (Å²) in [7, 11) is 0. The van der Waals surface area contributed by atoms with Crippen molar-refractivity contribution in [3.05, 3.63) is 24.0 Å². The van der Waals surface area contributed by atoms with E-state index in [9.17, 15) is 4.39 Å². The molecule has 1 aliphatic heterocycles. The minimum atomic E-state index is -0.241. The first-order valence-electron chi connectivity index (χ1n) is 6.41. The maximum atomic E-state index is 13.0. The molecule has 1 unspecified atom stereocenters. The zero-order valence-corrected chi connectivity index (χ0v) is 10.2. The molecule has 0 aliphatic carbocycles. The Kier molecular flexibility index (Phi) is 3.15. The third kappa shape index (κ3) is 2.46. The Balaban J connectivity index is 1.60. The van der Waals surface area contributed by atoms with E-state index < -0.39 is 0 Å². The summed E-state index contributed by atoms with van der Waals surface area (Å²) in [5.74, 6) is 1.25. The third-order valence-electron chi connectivity index (χ3n) is 3.45. The van der Waals surface area contributed by atoms with E-state index in [-0.39, 0.29) is 5.82 Å². The number of hydrogen-bond donors (Lipinski definition) is 3. The number of fused-ring (bicyclic) bond motifs is 1. The number of nitrogens with zero attached hydrogens (tertiary/aromatic N) is 1. The Bertz CT molecular complexity index is 531. The van der Waals surface area contributed by atoms with E-state index in [0.717, 1.165) is 49.0 Å². The van der Waals surface area contributed by atoms with Crippen molar-refractivity contribution in [3.63, 3.8) is 0 Å². The molecule has 18 heavy (non-hydrogen) atoms. The smallest absolute Gasteiger partial charge is 0.201 e. The van der Waals surface area contributed by atoms with E-state index in [1.165, 1.54) is 18.6 Å². The average Bonchev–Trinajstić information content (AvgIpc) is 2.97. The van der Waals surface area contributed by atoms with E-state index in [1.807, 2.05) is 0 Å². The van der Waals surface area contributed by atoms with Gasteiger partial charge >= 0.3 is 0 Å². The predicted octanol–water partition coefficient (Wildman–Crippen LogP) is 2.11. The summed E-state index contributed by atoms with van der Waals surface area (Å²) in [6.07, 6.45) is 2.39. The summed E-state index contributed by atoms with van der Waals surface area (Å²) < 4.78 is 13.0. The van der Waals surface area contributed by atoms with Crippen LogP contribution in [-0.2, 0) is 0 Å². The summed E-state index contributed by atoms with van der Waals surface area (Å²) in [5, 5.41) is 6.62. The Hall–Kier alpha value is -1.62. The minimum absolute atomic E-state index is 0.241. The number of rotatable bonds is 4. The van der Waals surface area contributed by atoms with Crippen molar-refractivity contribution >= 4 is 17.0 Å². The van der Waals surface area contributed by atoms with Crippen molar-refractivity contribution < 1.29 is 4.39 Å². The van der Waals surface area contributed by atoms with Gasteiger partial charge in [0, 0.05) is 6.54 Å². The molecule has 1 aromatic carbocycles. The Labute approximate surface area is 105 Å². The highest BCUT2D eigenvalue weighted by atomic mass is 19.1. The second-order valence-corrected chi connectivity index (χ2v) is 4.82. The molecule has 1 fully saturated rings. The highest BCUT2D eigenvalue weighted by molar-refractivity contribution is 5.77. The van der Waals surface area contributed by atoms with Crippen LogP contribution in [0.5, 0.6) is 0 Å². The van der Waals surface area contributed by atoms with Gasteiger partial charge in [-0.25, -0.2) is 9.37 Å². The summed E-state index contributed by atoms with van der Waals surface area (Å²) in [5.41, 5.74) is 1.53. The molecule has 0 amide bonds. The quantitative estimate of drug-likeness (QED) is 0.776. The van der Waals surface area contributed by atoms with Crippen molar-refractivity contribution in [2.24, 2.45) is 5.92 Å². The monoisotopic (exact) mass is 248 g/mol. The first-order chi connectivity index (χ1) is 8.81.